The fraction of sp³-hybridized carbons (Fsp3) is 0.391. The molecule has 1 atom stereocenters. The highest BCUT2D eigenvalue weighted by molar-refractivity contribution is 5.98. The second-order valence-electron chi connectivity index (χ2n) is 7.54. The standard InChI is InChI=1S/C23H26N2O4/c1-15(26)24-12-10-17-13-18(6-8-20(17)24)23(27)25-11-4-5-19(25)16-7-9-21(28-2)22(14-16)29-3/h6-9,13-14,19H,4-5,10-12H2,1-3H3. The van der Waals surface area contributed by atoms with Crippen LogP contribution < -0.4 is 14.4 Å². The summed E-state index contributed by atoms with van der Waals surface area (Å²) in [4.78, 5) is 28.8. The van der Waals surface area contributed by atoms with Crippen LogP contribution in [0.5, 0.6) is 11.5 Å². The fourth-order valence-electron chi connectivity index (χ4n) is 4.44. The predicted molar refractivity (Wildman–Crippen MR) is 111 cm³/mol. The summed E-state index contributed by atoms with van der Waals surface area (Å²) in [5.74, 6) is 1.43. The molecule has 2 aliphatic heterocycles. The molecule has 6 nitrogen and oxygen atoms in total. The molecule has 4 rings (SSSR count). The lowest BCUT2D eigenvalue weighted by Gasteiger charge is -2.26. The van der Waals surface area contributed by atoms with Crippen LogP contribution in [0.1, 0.15) is 47.3 Å². The summed E-state index contributed by atoms with van der Waals surface area (Å²) in [5.41, 5.74) is 3.72. The number of ether oxygens (including phenoxy) is 2. The number of rotatable bonds is 4. The van der Waals surface area contributed by atoms with E-state index >= 15 is 0 Å². The Bertz CT molecular complexity index is 956. The Hall–Kier alpha value is -3.02. The topological polar surface area (TPSA) is 59.1 Å². The van der Waals surface area contributed by atoms with Crippen molar-refractivity contribution in [2.75, 3.05) is 32.2 Å². The second kappa shape index (κ2) is 7.78. The van der Waals surface area contributed by atoms with Gasteiger partial charge in [-0.3, -0.25) is 9.59 Å². The van der Waals surface area contributed by atoms with E-state index in [0.29, 0.717) is 23.6 Å². The average Bonchev–Trinajstić information content (AvgIpc) is 3.39. The molecule has 152 valence electrons. The number of likely N-dealkylation sites (tertiary alicyclic amines) is 1. The van der Waals surface area contributed by atoms with Gasteiger partial charge in [0.2, 0.25) is 5.91 Å². The van der Waals surface area contributed by atoms with Gasteiger partial charge in [0.25, 0.3) is 5.91 Å². The van der Waals surface area contributed by atoms with Gasteiger partial charge in [-0.25, -0.2) is 0 Å². The highest BCUT2D eigenvalue weighted by Crippen LogP contribution is 2.38. The summed E-state index contributed by atoms with van der Waals surface area (Å²) in [5, 5.41) is 0. The van der Waals surface area contributed by atoms with E-state index in [1.807, 2.05) is 41.3 Å². The van der Waals surface area contributed by atoms with Crippen LogP contribution in [0.15, 0.2) is 36.4 Å². The first kappa shape index (κ1) is 19.3. The minimum Gasteiger partial charge on any atom is -0.493 e. The van der Waals surface area contributed by atoms with E-state index in [1.54, 1.807) is 26.0 Å². The van der Waals surface area contributed by atoms with E-state index < -0.39 is 0 Å². The quantitative estimate of drug-likeness (QED) is 0.795. The van der Waals surface area contributed by atoms with Gasteiger partial charge in [-0.15, -0.1) is 0 Å². The maximum atomic E-state index is 13.3. The summed E-state index contributed by atoms with van der Waals surface area (Å²) in [7, 11) is 3.23. The third-order valence-electron chi connectivity index (χ3n) is 5.91. The largest absolute Gasteiger partial charge is 0.493 e. The Kier molecular flexibility index (Phi) is 5.18. The molecule has 0 spiro atoms. The number of benzene rings is 2. The lowest BCUT2D eigenvalue weighted by atomic mass is 10.0. The third-order valence-corrected chi connectivity index (χ3v) is 5.91. The van der Waals surface area contributed by atoms with Gasteiger partial charge < -0.3 is 19.3 Å². The number of carbonyl (C=O) groups excluding carboxylic acids is 2. The first-order valence-corrected chi connectivity index (χ1v) is 9.97. The Balaban J connectivity index is 1.60. The van der Waals surface area contributed by atoms with Gasteiger partial charge >= 0.3 is 0 Å². The zero-order chi connectivity index (χ0) is 20.5. The molecule has 29 heavy (non-hydrogen) atoms. The van der Waals surface area contributed by atoms with Crippen molar-refractivity contribution in [3.8, 4) is 11.5 Å². The molecule has 0 aliphatic carbocycles. The van der Waals surface area contributed by atoms with E-state index in [-0.39, 0.29) is 17.9 Å². The van der Waals surface area contributed by atoms with E-state index in [1.165, 1.54) is 0 Å². The first-order valence-electron chi connectivity index (χ1n) is 9.97. The van der Waals surface area contributed by atoms with Crippen LogP contribution in [0.3, 0.4) is 0 Å². The Morgan fingerprint density at radius 1 is 1.00 bits per heavy atom. The van der Waals surface area contributed by atoms with Crippen molar-refractivity contribution >= 4 is 17.5 Å². The minimum absolute atomic E-state index is 0.0179. The molecule has 2 aromatic rings. The monoisotopic (exact) mass is 394 g/mol. The van der Waals surface area contributed by atoms with Gasteiger partial charge in [-0.2, -0.15) is 0 Å². The maximum absolute atomic E-state index is 13.3. The molecule has 0 aromatic heterocycles. The van der Waals surface area contributed by atoms with Crippen molar-refractivity contribution in [3.05, 3.63) is 53.1 Å². The number of methoxy groups -OCH3 is 2. The van der Waals surface area contributed by atoms with E-state index in [0.717, 1.165) is 42.6 Å². The molecule has 2 aliphatic rings. The maximum Gasteiger partial charge on any atom is 0.254 e. The molecule has 2 amide bonds. The Morgan fingerprint density at radius 2 is 1.79 bits per heavy atom. The van der Waals surface area contributed by atoms with E-state index in [2.05, 4.69) is 0 Å². The average molecular weight is 394 g/mol. The zero-order valence-corrected chi connectivity index (χ0v) is 17.1. The summed E-state index contributed by atoms with van der Waals surface area (Å²) in [6.07, 6.45) is 2.67. The molecular formula is C23H26N2O4. The third kappa shape index (κ3) is 3.43. The van der Waals surface area contributed by atoms with Crippen molar-refractivity contribution in [3.63, 3.8) is 0 Å². The highest BCUT2D eigenvalue weighted by atomic mass is 16.5. The van der Waals surface area contributed by atoms with Gasteiger partial charge in [0.15, 0.2) is 11.5 Å². The van der Waals surface area contributed by atoms with E-state index in [9.17, 15) is 9.59 Å². The number of carbonyl (C=O) groups is 2. The molecule has 1 unspecified atom stereocenters. The minimum atomic E-state index is 0.0179. The molecule has 1 fully saturated rings. The molecule has 1 saturated heterocycles. The van der Waals surface area contributed by atoms with Gasteiger partial charge in [-0.05, 0) is 60.7 Å². The molecule has 6 heteroatoms. The Morgan fingerprint density at radius 3 is 2.52 bits per heavy atom. The summed E-state index contributed by atoms with van der Waals surface area (Å²) < 4.78 is 10.8. The molecule has 0 N–H and O–H groups in total. The Labute approximate surface area is 171 Å². The van der Waals surface area contributed by atoms with E-state index in [4.69, 9.17) is 9.47 Å². The number of amides is 2. The zero-order valence-electron chi connectivity index (χ0n) is 17.1. The number of anilines is 1. The van der Waals surface area contributed by atoms with Gasteiger partial charge in [-0.1, -0.05) is 6.07 Å². The van der Waals surface area contributed by atoms with Crippen LogP contribution in [0, 0.1) is 0 Å². The van der Waals surface area contributed by atoms with Crippen molar-refractivity contribution in [2.45, 2.75) is 32.2 Å². The molecule has 2 aromatic carbocycles. The summed E-state index contributed by atoms with van der Waals surface area (Å²) in [6, 6.07) is 11.6. The number of hydrogen-bond donors (Lipinski definition) is 0. The van der Waals surface area contributed by atoms with Crippen LogP contribution in [0.2, 0.25) is 0 Å². The van der Waals surface area contributed by atoms with Crippen LogP contribution >= 0.6 is 0 Å². The van der Waals surface area contributed by atoms with Crippen LogP contribution in [0.25, 0.3) is 0 Å². The fourth-order valence-corrected chi connectivity index (χ4v) is 4.44. The van der Waals surface area contributed by atoms with Crippen molar-refractivity contribution in [2.24, 2.45) is 0 Å². The number of nitrogens with zero attached hydrogens (tertiary/aromatic N) is 2. The van der Waals surface area contributed by atoms with Crippen LogP contribution in [-0.4, -0.2) is 44.0 Å². The number of hydrogen-bond acceptors (Lipinski definition) is 4. The van der Waals surface area contributed by atoms with Crippen LogP contribution in [-0.2, 0) is 11.2 Å². The second-order valence-corrected chi connectivity index (χ2v) is 7.54. The van der Waals surface area contributed by atoms with Gasteiger partial charge in [0, 0.05) is 31.3 Å². The molecule has 0 saturated carbocycles. The summed E-state index contributed by atoms with van der Waals surface area (Å²) in [6.45, 7) is 2.99. The first-order chi connectivity index (χ1) is 14.0. The molecule has 0 radical (unpaired) electrons. The van der Waals surface area contributed by atoms with Crippen molar-refractivity contribution in [1.82, 2.24) is 4.90 Å². The lowest BCUT2D eigenvalue weighted by Crippen LogP contribution is -2.30. The van der Waals surface area contributed by atoms with Gasteiger partial charge in [0.1, 0.15) is 0 Å². The molecule has 2 heterocycles. The van der Waals surface area contributed by atoms with Gasteiger partial charge in [0.05, 0.1) is 20.3 Å². The van der Waals surface area contributed by atoms with Crippen molar-refractivity contribution < 1.29 is 19.1 Å². The predicted octanol–water partition coefficient (Wildman–Crippen LogP) is 3.59. The molecular weight excluding hydrogens is 368 g/mol. The highest BCUT2D eigenvalue weighted by Gasteiger charge is 2.32. The van der Waals surface area contributed by atoms with Crippen LogP contribution in [0.4, 0.5) is 5.69 Å². The summed E-state index contributed by atoms with van der Waals surface area (Å²) >= 11 is 0. The smallest absolute Gasteiger partial charge is 0.254 e. The van der Waals surface area contributed by atoms with Crippen molar-refractivity contribution in [1.29, 1.82) is 0 Å². The SMILES string of the molecule is COc1ccc(C2CCCN2C(=O)c2ccc3c(c2)CCN3C(C)=O)cc1OC. The lowest BCUT2D eigenvalue weighted by molar-refractivity contribution is -0.116. The number of fused-ring (bicyclic) bond motifs is 1. The molecule has 0 bridgehead atoms. The normalized spacial score (nSPS) is 18.0.